The van der Waals surface area contributed by atoms with E-state index in [1.165, 1.54) is 26.2 Å². The maximum Gasteiger partial charge on any atom is 0.342 e. The molecule has 0 aliphatic rings. The molecule has 1 aromatic carbocycles. The molecular weight excluding hydrogens is 239 g/mol. The van der Waals surface area contributed by atoms with Crippen LogP contribution < -0.4 is 0 Å². The molecule has 0 spiro atoms. The summed E-state index contributed by atoms with van der Waals surface area (Å²) >= 11 is 11.6. The van der Waals surface area contributed by atoms with Gasteiger partial charge >= 0.3 is 5.97 Å². The van der Waals surface area contributed by atoms with E-state index in [9.17, 15) is 9.90 Å². The molecule has 0 fully saturated rings. The van der Waals surface area contributed by atoms with Crippen molar-refractivity contribution in [2.24, 2.45) is 0 Å². The zero-order valence-electron chi connectivity index (χ0n) is 8.25. The summed E-state index contributed by atoms with van der Waals surface area (Å²) in [6.07, 6.45) is 0. The quantitative estimate of drug-likeness (QED) is 0.818. The molecular formula is C10H10Cl2O3. The molecule has 0 heterocycles. The number of carbonyl (C=O) groups is 1. The third-order valence-electron chi connectivity index (χ3n) is 2.04. The number of rotatable bonds is 2. The van der Waals surface area contributed by atoms with Crippen molar-refractivity contribution in [2.45, 2.75) is 12.5 Å². The zero-order chi connectivity index (χ0) is 11.6. The van der Waals surface area contributed by atoms with Gasteiger partial charge in [0, 0.05) is 15.6 Å². The van der Waals surface area contributed by atoms with E-state index in [0.29, 0.717) is 5.02 Å². The maximum absolute atomic E-state index is 11.3. The van der Waals surface area contributed by atoms with Crippen LogP contribution in [0.1, 0.15) is 12.5 Å². The van der Waals surface area contributed by atoms with Gasteiger partial charge in [0.2, 0.25) is 0 Å². The summed E-state index contributed by atoms with van der Waals surface area (Å²) < 4.78 is 4.47. The molecule has 1 rings (SSSR count). The van der Waals surface area contributed by atoms with Crippen molar-refractivity contribution in [1.29, 1.82) is 0 Å². The van der Waals surface area contributed by atoms with Crippen LogP contribution >= 0.6 is 23.2 Å². The van der Waals surface area contributed by atoms with E-state index in [4.69, 9.17) is 23.2 Å². The molecule has 0 aromatic heterocycles. The normalized spacial score (nSPS) is 14.5. The van der Waals surface area contributed by atoms with Crippen LogP contribution in [0.2, 0.25) is 10.0 Å². The van der Waals surface area contributed by atoms with E-state index >= 15 is 0 Å². The first-order chi connectivity index (χ1) is 6.89. The van der Waals surface area contributed by atoms with Crippen LogP contribution in [0.4, 0.5) is 0 Å². The molecule has 1 N–H and O–H groups in total. The predicted octanol–water partition coefficient (Wildman–Crippen LogP) is 2.37. The smallest absolute Gasteiger partial charge is 0.342 e. The summed E-state index contributed by atoms with van der Waals surface area (Å²) in [5.41, 5.74) is -1.57. The Hall–Kier alpha value is -0.770. The summed E-state index contributed by atoms with van der Waals surface area (Å²) in [5, 5.41) is 10.6. The van der Waals surface area contributed by atoms with Crippen LogP contribution in [0.25, 0.3) is 0 Å². The van der Waals surface area contributed by atoms with Crippen LogP contribution in [-0.4, -0.2) is 18.2 Å². The third kappa shape index (κ3) is 2.43. The summed E-state index contributed by atoms with van der Waals surface area (Å²) in [4.78, 5) is 11.3. The summed E-state index contributed by atoms with van der Waals surface area (Å²) in [7, 11) is 1.19. The van der Waals surface area contributed by atoms with E-state index in [1.54, 1.807) is 6.07 Å². The number of hydrogen-bond acceptors (Lipinski definition) is 3. The van der Waals surface area contributed by atoms with Gasteiger partial charge in [0.15, 0.2) is 5.60 Å². The van der Waals surface area contributed by atoms with E-state index in [2.05, 4.69) is 4.74 Å². The monoisotopic (exact) mass is 248 g/mol. The fraction of sp³-hybridized carbons (Fsp3) is 0.300. The Bertz CT molecular complexity index is 388. The molecule has 0 saturated heterocycles. The Balaban J connectivity index is 3.25. The number of carbonyl (C=O) groups excluding carboxylic acids is 1. The molecule has 3 nitrogen and oxygen atoms in total. The zero-order valence-corrected chi connectivity index (χ0v) is 9.76. The summed E-state index contributed by atoms with van der Waals surface area (Å²) in [6, 6.07) is 4.51. The SMILES string of the molecule is COC(=O)C(C)(O)c1cc(Cl)ccc1Cl. The minimum Gasteiger partial charge on any atom is -0.467 e. The van der Waals surface area contributed by atoms with E-state index in [0.717, 1.165) is 0 Å². The van der Waals surface area contributed by atoms with Crippen molar-refractivity contribution in [2.75, 3.05) is 7.11 Å². The van der Waals surface area contributed by atoms with Crippen LogP contribution in [0.3, 0.4) is 0 Å². The van der Waals surface area contributed by atoms with Crippen LogP contribution in [0, 0.1) is 0 Å². The van der Waals surface area contributed by atoms with Crippen LogP contribution in [0.5, 0.6) is 0 Å². The van der Waals surface area contributed by atoms with Crippen molar-refractivity contribution < 1.29 is 14.6 Å². The number of halogens is 2. The van der Waals surface area contributed by atoms with Gasteiger partial charge in [0.25, 0.3) is 0 Å². The highest BCUT2D eigenvalue weighted by Gasteiger charge is 2.35. The van der Waals surface area contributed by atoms with Gasteiger partial charge in [0.1, 0.15) is 0 Å². The number of benzene rings is 1. The minimum absolute atomic E-state index is 0.225. The van der Waals surface area contributed by atoms with Crippen molar-refractivity contribution in [3.05, 3.63) is 33.8 Å². The summed E-state index contributed by atoms with van der Waals surface area (Å²) in [5.74, 6) is -0.785. The topological polar surface area (TPSA) is 46.5 Å². The second kappa shape index (κ2) is 4.39. The minimum atomic E-state index is -1.79. The second-order valence-electron chi connectivity index (χ2n) is 3.19. The van der Waals surface area contributed by atoms with E-state index in [-0.39, 0.29) is 10.6 Å². The van der Waals surface area contributed by atoms with Gasteiger partial charge < -0.3 is 9.84 Å². The van der Waals surface area contributed by atoms with Crippen molar-refractivity contribution >= 4 is 29.2 Å². The number of aliphatic hydroxyl groups is 1. The highest BCUT2D eigenvalue weighted by molar-refractivity contribution is 6.33. The molecule has 0 aliphatic carbocycles. The molecule has 0 aliphatic heterocycles. The first-order valence-corrected chi connectivity index (χ1v) is 4.91. The number of ether oxygens (including phenoxy) is 1. The lowest BCUT2D eigenvalue weighted by atomic mass is 9.96. The Labute approximate surface area is 97.6 Å². The largest absolute Gasteiger partial charge is 0.467 e. The fourth-order valence-corrected chi connectivity index (χ4v) is 1.65. The highest BCUT2D eigenvalue weighted by atomic mass is 35.5. The first-order valence-electron chi connectivity index (χ1n) is 4.16. The Kier molecular flexibility index (Phi) is 3.60. The van der Waals surface area contributed by atoms with Gasteiger partial charge in [-0.2, -0.15) is 0 Å². The molecule has 1 unspecified atom stereocenters. The van der Waals surface area contributed by atoms with Gasteiger partial charge in [0.05, 0.1) is 7.11 Å². The summed E-state index contributed by atoms with van der Waals surface area (Å²) in [6.45, 7) is 1.30. The highest BCUT2D eigenvalue weighted by Crippen LogP contribution is 2.31. The average molecular weight is 249 g/mol. The molecule has 1 atom stereocenters. The Morgan fingerprint density at radius 1 is 1.47 bits per heavy atom. The van der Waals surface area contributed by atoms with E-state index in [1.807, 2.05) is 0 Å². The molecule has 15 heavy (non-hydrogen) atoms. The van der Waals surface area contributed by atoms with Gasteiger partial charge in [-0.25, -0.2) is 4.79 Å². The molecule has 0 radical (unpaired) electrons. The molecule has 1 aromatic rings. The Morgan fingerprint density at radius 3 is 2.60 bits per heavy atom. The average Bonchev–Trinajstić information content (AvgIpc) is 2.20. The number of methoxy groups -OCH3 is 1. The second-order valence-corrected chi connectivity index (χ2v) is 4.03. The van der Waals surface area contributed by atoms with Crippen LogP contribution in [-0.2, 0) is 15.1 Å². The van der Waals surface area contributed by atoms with Crippen molar-refractivity contribution in [3.8, 4) is 0 Å². The van der Waals surface area contributed by atoms with Crippen LogP contribution in [0.15, 0.2) is 18.2 Å². The molecule has 0 bridgehead atoms. The number of hydrogen-bond donors (Lipinski definition) is 1. The lowest BCUT2D eigenvalue weighted by Crippen LogP contribution is -2.33. The first kappa shape index (κ1) is 12.3. The molecule has 0 amide bonds. The predicted molar refractivity (Wildman–Crippen MR) is 58.0 cm³/mol. The lowest BCUT2D eigenvalue weighted by molar-refractivity contribution is -0.161. The number of esters is 1. The standard InChI is InChI=1S/C10H10Cl2O3/c1-10(14,9(13)15-2)7-5-6(11)3-4-8(7)12/h3-5,14H,1-2H3. The fourth-order valence-electron chi connectivity index (χ4n) is 1.18. The maximum atomic E-state index is 11.3. The molecule has 82 valence electrons. The lowest BCUT2D eigenvalue weighted by Gasteiger charge is -2.21. The Morgan fingerprint density at radius 2 is 2.07 bits per heavy atom. The molecule has 0 saturated carbocycles. The van der Waals surface area contributed by atoms with Gasteiger partial charge in [-0.05, 0) is 25.1 Å². The van der Waals surface area contributed by atoms with Gasteiger partial charge in [-0.1, -0.05) is 23.2 Å². The molecule has 5 heteroatoms. The van der Waals surface area contributed by atoms with Crippen molar-refractivity contribution in [1.82, 2.24) is 0 Å². The third-order valence-corrected chi connectivity index (χ3v) is 2.60. The van der Waals surface area contributed by atoms with Crippen molar-refractivity contribution in [3.63, 3.8) is 0 Å². The van der Waals surface area contributed by atoms with E-state index < -0.39 is 11.6 Å². The van der Waals surface area contributed by atoms with Gasteiger partial charge in [-0.15, -0.1) is 0 Å². The van der Waals surface area contributed by atoms with Gasteiger partial charge in [-0.3, -0.25) is 0 Å².